The Balaban J connectivity index is 1.89. The van der Waals surface area contributed by atoms with Crippen LogP contribution in [-0.2, 0) is 15.2 Å². The van der Waals surface area contributed by atoms with E-state index in [-0.39, 0.29) is 6.54 Å². The van der Waals surface area contributed by atoms with Gasteiger partial charge in [-0.15, -0.1) is 11.3 Å². The van der Waals surface area contributed by atoms with Gasteiger partial charge in [0, 0.05) is 30.3 Å². The highest BCUT2D eigenvalue weighted by Crippen LogP contribution is 2.24. The van der Waals surface area contributed by atoms with Crippen molar-refractivity contribution in [2.45, 2.75) is 12.5 Å². The van der Waals surface area contributed by atoms with Crippen LogP contribution in [0.15, 0.2) is 41.8 Å². The lowest BCUT2D eigenvalue weighted by Crippen LogP contribution is -2.42. The van der Waals surface area contributed by atoms with Gasteiger partial charge in [-0.1, -0.05) is 6.07 Å². The topological polar surface area (TPSA) is 81.7 Å². The molecule has 2 aromatic rings. The third kappa shape index (κ3) is 4.56. The van der Waals surface area contributed by atoms with Crippen LogP contribution in [0.25, 0.3) is 0 Å². The van der Waals surface area contributed by atoms with Crippen LogP contribution in [0.1, 0.15) is 11.8 Å². The van der Waals surface area contributed by atoms with Crippen LogP contribution in [0.4, 0.5) is 11.4 Å². The molecule has 1 aromatic carbocycles. The molecule has 0 bridgehead atoms. The van der Waals surface area contributed by atoms with Crippen molar-refractivity contribution in [3.63, 3.8) is 0 Å². The fraction of sp³-hybridized carbons (Fsp3) is 0.294. The molecule has 1 aromatic heterocycles. The molecule has 0 saturated carbocycles. The fourth-order valence-electron chi connectivity index (χ4n) is 2.04. The van der Waals surface area contributed by atoms with Gasteiger partial charge in [0.2, 0.25) is 0 Å². The number of amides is 2. The molecule has 0 unspecified atom stereocenters. The Morgan fingerprint density at radius 2 is 1.83 bits per heavy atom. The number of carbonyl (C=O) groups excluding carboxylic acids is 2. The maximum absolute atomic E-state index is 11.9. The predicted octanol–water partition coefficient (Wildman–Crippen LogP) is 1.78. The first-order valence-electron chi connectivity index (χ1n) is 7.42. The lowest BCUT2D eigenvalue weighted by atomic mass is 10.1. The van der Waals surface area contributed by atoms with Crippen LogP contribution in [0.3, 0.4) is 0 Å². The normalized spacial score (nSPS) is 13.0. The zero-order valence-electron chi connectivity index (χ0n) is 13.9. The zero-order valence-corrected chi connectivity index (χ0v) is 14.7. The standard InChI is InChI=1S/C17H21N3O3S/c1-17(23,14-5-4-10-24-14)11-18-15(21)16(22)19-12-6-8-13(9-7-12)20(2)3/h4-10,23H,11H2,1-3H3,(H,18,21)(H,19,22)/t17-/m0/s1. The molecule has 0 aliphatic heterocycles. The Morgan fingerprint density at radius 3 is 2.38 bits per heavy atom. The Morgan fingerprint density at radius 1 is 1.17 bits per heavy atom. The molecule has 0 aliphatic carbocycles. The highest BCUT2D eigenvalue weighted by Gasteiger charge is 2.26. The van der Waals surface area contributed by atoms with E-state index in [1.807, 2.05) is 42.6 Å². The lowest BCUT2D eigenvalue weighted by Gasteiger charge is -2.22. The molecule has 1 atom stereocenters. The van der Waals surface area contributed by atoms with Crippen molar-refractivity contribution in [1.29, 1.82) is 0 Å². The summed E-state index contributed by atoms with van der Waals surface area (Å²) >= 11 is 1.39. The number of hydrogen-bond donors (Lipinski definition) is 3. The van der Waals surface area contributed by atoms with E-state index in [9.17, 15) is 14.7 Å². The first-order chi connectivity index (χ1) is 11.3. The van der Waals surface area contributed by atoms with E-state index in [0.717, 1.165) is 10.6 Å². The molecular weight excluding hydrogens is 326 g/mol. The molecule has 2 rings (SSSR count). The van der Waals surface area contributed by atoms with E-state index >= 15 is 0 Å². The SMILES string of the molecule is CN(C)c1ccc(NC(=O)C(=O)NC[C@](C)(O)c2cccs2)cc1. The minimum Gasteiger partial charge on any atom is -0.383 e. The van der Waals surface area contributed by atoms with Gasteiger partial charge < -0.3 is 20.6 Å². The molecule has 0 saturated heterocycles. The second kappa shape index (κ2) is 7.46. The minimum atomic E-state index is -1.21. The number of thiophene rings is 1. The van der Waals surface area contributed by atoms with E-state index in [1.165, 1.54) is 11.3 Å². The number of nitrogens with zero attached hydrogens (tertiary/aromatic N) is 1. The Hall–Kier alpha value is -2.38. The molecule has 2 amide bonds. The highest BCUT2D eigenvalue weighted by atomic mass is 32.1. The Labute approximate surface area is 145 Å². The van der Waals surface area contributed by atoms with Crippen molar-refractivity contribution < 1.29 is 14.7 Å². The molecule has 128 valence electrons. The van der Waals surface area contributed by atoms with Gasteiger partial charge in [-0.25, -0.2) is 0 Å². The molecule has 0 fully saturated rings. The summed E-state index contributed by atoms with van der Waals surface area (Å²) < 4.78 is 0. The lowest BCUT2D eigenvalue weighted by molar-refractivity contribution is -0.136. The molecule has 1 heterocycles. The van der Waals surface area contributed by atoms with Crippen LogP contribution in [-0.4, -0.2) is 37.6 Å². The highest BCUT2D eigenvalue weighted by molar-refractivity contribution is 7.10. The van der Waals surface area contributed by atoms with Crippen molar-refractivity contribution in [1.82, 2.24) is 5.32 Å². The van der Waals surface area contributed by atoms with Gasteiger partial charge in [0.1, 0.15) is 5.60 Å². The number of anilines is 2. The minimum absolute atomic E-state index is 0.0423. The van der Waals surface area contributed by atoms with Gasteiger partial charge in [-0.05, 0) is 42.6 Å². The molecule has 3 N–H and O–H groups in total. The summed E-state index contributed by atoms with van der Waals surface area (Å²) in [6, 6.07) is 10.7. The summed E-state index contributed by atoms with van der Waals surface area (Å²) in [7, 11) is 3.83. The van der Waals surface area contributed by atoms with E-state index in [4.69, 9.17) is 0 Å². The number of carbonyl (C=O) groups is 2. The van der Waals surface area contributed by atoms with E-state index in [2.05, 4.69) is 10.6 Å². The molecular formula is C17H21N3O3S. The summed E-state index contributed by atoms with van der Waals surface area (Å²) in [6.07, 6.45) is 0. The maximum atomic E-state index is 11.9. The second-order valence-corrected chi connectivity index (χ2v) is 6.78. The van der Waals surface area contributed by atoms with Gasteiger partial charge in [0.05, 0.1) is 6.54 Å². The Bertz CT molecular complexity index is 694. The summed E-state index contributed by atoms with van der Waals surface area (Å²) in [5.74, 6) is -1.56. The molecule has 0 spiro atoms. The number of hydrogen-bond acceptors (Lipinski definition) is 5. The summed E-state index contributed by atoms with van der Waals surface area (Å²) in [6.45, 7) is 1.55. The van der Waals surface area contributed by atoms with E-state index < -0.39 is 17.4 Å². The van der Waals surface area contributed by atoms with Gasteiger partial charge in [-0.2, -0.15) is 0 Å². The van der Waals surface area contributed by atoms with Crippen molar-refractivity contribution in [3.8, 4) is 0 Å². The van der Waals surface area contributed by atoms with Gasteiger partial charge >= 0.3 is 11.8 Å². The van der Waals surface area contributed by atoms with Crippen LogP contribution < -0.4 is 15.5 Å². The summed E-state index contributed by atoms with van der Waals surface area (Å²) in [5, 5.41) is 17.2. The number of benzene rings is 1. The smallest absolute Gasteiger partial charge is 0.313 e. The monoisotopic (exact) mass is 347 g/mol. The van der Waals surface area contributed by atoms with Crippen molar-refractivity contribution in [3.05, 3.63) is 46.7 Å². The second-order valence-electron chi connectivity index (χ2n) is 5.83. The average molecular weight is 347 g/mol. The third-order valence-electron chi connectivity index (χ3n) is 3.49. The maximum Gasteiger partial charge on any atom is 0.313 e. The quantitative estimate of drug-likeness (QED) is 0.720. The summed E-state index contributed by atoms with van der Waals surface area (Å²) in [4.78, 5) is 26.5. The van der Waals surface area contributed by atoms with E-state index in [1.54, 1.807) is 25.1 Å². The van der Waals surface area contributed by atoms with Crippen LogP contribution in [0.2, 0.25) is 0 Å². The number of nitrogens with one attached hydrogen (secondary N) is 2. The zero-order chi connectivity index (χ0) is 17.7. The molecule has 24 heavy (non-hydrogen) atoms. The molecule has 0 radical (unpaired) electrons. The molecule has 7 heteroatoms. The Kier molecular flexibility index (Phi) is 5.58. The molecule has 6 nitrogen and oxygen atoms in total. The van der Waals surface area contributed by atoms with Crippen LogP contribution in [0, 0.1) is 0 Å². The summed E-state index contributed by atoms with van der Waals surface area (Å²) in [5.41, 5.74) is 0.312. The average Bonchev–Trinajstić information content (AvgIpc) is 3.08. The fourth-order valence-corrected chi connectivity index (χ4v) is 2.82. The first kappa shape index (κ1) is 18.0. The van der Waals surface area contributed by atoms with Crippen molar-refractivity contribution in [2.75, 3.05) is 30.9 Å². The first-order valence-corrected chi connectivity index (χ1v) is 8.30. The predicted molar refractivity (Wildman–Crippen MR) is 96.3 cm³/mol. The number of rotatable bonds is 5. The third-order valence-corrected chi connectivity index (χ3v) is 4.62. The van der Waals surface area contributed by atoms with Gasteiger partial charge in [0.15, 0.2) is 0 Å². The van der Waals surface area contributed by atoms with Crippen molar-refractivity contribution in [2.24, 2.45) is 0 Å². The van der Waals surface area contributed by atoms with Gasteiger partial charge in [0.25, 0.3) is 0 Å². The van der Waals surface area contributed by atoms with Crippen molar-refractivity contribution >= 4 is 34.5 Å². The van der Waals surface area contributed by atoms with Crippen LogP contribution >= 0.6 is 11.3 Å². The van der Waals surface area contributed by atoms with E-state index in [0.29, 0.717) is 5.69 Å². The largest absolute Gasteiger partial charge is 0.383 e. The van der Waals surface area contributed by atoms with Crippen LogP contribution in [0.5, 0.6) is 0 Å². The number of aliphatic hydroxyl groups is 1. The van der Waals surface area contributed by atoms with Gasteiger partial charge in [-0.3, -0.25) is 9.59 Å². The molecule has 0 aliphatic rings.